The van der Waals surface area contributed by atoms with E-state index in [4.69, 9.17) is 10.5 Å². The van der Waals surface area contributed by atoms with Gasteiger partial charge in [-0.3, -0.25) is 0 Å². The number of hydrogen-bond donors (Lipinski definition) is 2. The molecule has 0 spiro atoms. The third-order valence-electron chi connectivity index (χ3n) is 3.54. The van der Waals surface area contributed by atoms with Crippen LogP contribution in [0.2, 0.25) is 0 Å². The van der Waals surface area contributed by atoms with Crippen LogP contribution in [-0.2, 0) is 4.74 Å². The van der Waals surface area contributed by atoms with Crippen molar-refractivity contribution in [2.24, 2.45) is 0 Å². The number of rotatable bonds is 6. The van der Waals surface area contributed by atoms with Gasteiger partial charge in [0, 0.05) is 6.04 Å². The third-order valence-corrected chi connectivity index (χ3v) is 3.54. The van der Waals surface area contributed by atoms with E-state index in [-0.39, 0.29) is 6.04 Å². The van der Waals surface area contributed by atoms with E-state index in [1.807, 2.05) is 0 Å². The highest BCUT2D eigenvalue weighted by Crippen LogP contribution is 2.32. The average Bonchev–Trinajstić information content (AvgIpc) is 3.16. The lowest BCUT2D eigenvalue weighted by molar-refractivity contribution is 0.0603. The van der Waals surface area contributed by atoms with Crippen LogP contribution >= 0.6 is 0 Å². The predicted molar refractivity (Wildman–Crippen MR) is 74.2 cm³/mol. The Bertz CT molecular complexity index is 461. The Morgan fingerprint density at radius 3 is 2.63 bits per heavy atom. The van der Waals surface area contributed by atoms with Crippen LogP contribution in [0, 0.1) is 0 Å². The Balaban J connectivity index is 2.39. The van der Waals surface area contributed by atoms with E-state index in [2.05, 4.69) is 24.3 Å². The van der Waals surface area contributed by atoms with E-state index in [1.165, 1.54) is 7.11 Å². The second kappa shape index (κ2) is 5.50. The number of anilines is 2. The van der Waals surface area contributed by atoms with Crippen molar-refractivity contribution >= 4 is 17.6 Å². The SMILES string of the molecule is CCC(CC)n1nc(NC2CC2)c(C(=O)OC)c1N. The van der Waals surface area contributed by atoms with Gasteiger partial charge in [0.25, 0.3) is 0 Å². The van der Waals surface area contributed by atoms with E-state index in [9.17, 15) is 4.79 Å². The topological polar surface area (TPSA) is 82.2 Å². The zero-order valence-electron chi connectivity index (χ0n) is 11.8. The first-order valence-electron chi connectivity index (χ1n) is 6.85. The van der Waals surface area contributed by atoms with Crippen LogP contribution in [0.3, 0.4) is 0 Å². The maximum atomic E-state index is 11.9. The molecule has 0 saturated heterocycles. The van der Waals surface area contributed by atoms with E-state index < -0.39 is 5.97 Å². The summed E-state index contributed by atoms with van der Waals surface area (Å²) in [6, 6.07) is 0.617. The molecule has 0 aliphatic heterocycles. The summed E-state index contributed by atoms with van der Waals surface area (Å²) in [5.41, 5.74) is 6.45. The molecule has 1 heterocycles. The molecule has 0 bridgehead atoms. The fourth-order valence-corrected chi connectivity index (χ4v) is 2.19. The van der Waals surface area contributed by atoms with E-state index in [0.29, 0.717) is 23.2 Å². The number of ether oxygens (including phenoxy) is 1. The maximum absolute atomic E-state index is 11.9. The number of nitrogens with one attached hydrogen (secondary N) is 1. The molecule has 106 valence electrons. The van der Waals surface area contributed by atoms with Gasteiger partial charge in [0.15, 0.2) is 5.82 Å². The minimum atomic E-state index is -0.433. The fourth-order valence-electron chi connectivity index (χ4n) is 2.19. The highest BCUT2D eigenvalue weighted by molar-refractivity contribution is 5.99. The molecule has 0 unspecified atom stereocenters. The first-order valence-corrected chi connectivity index (χ1v) is 6.85. The molecule has 1 aliphatic carbocycles. The lowest BCUT2D eigenvalue weighted by atomic mass is 10.2. The molecule has 6 heteroatoms. The van der Waals surface area contributed by atoms with Gasteiger partial charge in [-0.05, 0) is 25.7 Å². The molecule has 1 aliphatic rings. The molecule has 1 saturated carbocycles. The van der Waals surface area contributed by atoms with Crippen molar-refractivity contribution in [2.45, 2.75) is 51.6 Å². The number of methoxy groups -OCH3 is 1. The molecule has 1 fully saturated rings. The lowest BCUT2D eigenvalue weighted by Gasteiger charge is -2.14. The number of carbonyl (C=O) groups excluding carboxylic acids is 1. The van der Waals surface area contributed by atoms with Gasteiger partial charge in [0.2, 0.25) is 0 Å². The highest BCUT2D eigenvalue weighted by atomic mass is 16.5. The zero-order valence-corrected chi connectivity index (χ0v) is 11.8. The maximum Gasteiger partial charge on any atom is 0.345 e. The third kappa shape index (κ3) is 2.67. The van der Waals surface area contributed by atoms with Crippen molar-refractivity contribution in [3.8, 4) is 0 Å². The second-order valence-electron chi connectivity index (χ2n) is 4.93. The van der Waals surface area contributed by atoms with Gasteiger partial charge < -0.3 is 15.8 Å². The molecule has 0 radical (unpaired) electrons. The summed E-state index contributed by atoms with van der Waals surface area (Å²) in [5, 5.41) is 7.73. The molecule has 2 rings (SSSR count). The molecule has 1 aromatic rings. The van der Waals surface area contributed by atoms with Crippen LogP contribution in [0.4, 0.5) is 11.6 Å². The first-order chi connectivity index (χ1) is 9.12. The molecular weight excluding hydrogens is 244 g/mol. The summed E-state index contributed by atoms with van der Waals surface area (Å²) in [6.45, 7) is 4.17. The molecule has 0 amide bonds. The molecule has 6 nitrogen and oxygen atoms in total. The smallest absolute Gasteiger partial charge is 0.345 e. The monoisotopic (exact) mass is 266 g/mol. The van der Waals surface area contributed by atoms with E-state index in [0.717, 1.165) is 25.7 Å². The van der Waals surface area contributed by atoms with E-state index in [1.54, 1.807) is 4.68 Å². The van der Waals surface area contributed by atoms with Gasteiger partial charge in [-0.1, -0.05) is 13.8 Å². The Morgan fingerprint density at radius 2 is 2.16 bits per heavy atom. The number of nitrogens with zero attached hydrogens (tertiary/aromatic N) is 2. The van der Waals surface area contributed by atoms with Gasteiger partial charge in [0.05, 0.1) is 13.2 Å². The van der Waals surface area contributed by atoms with Crippen molar-refractivity contribution in [1.29, 1.82) is 0 Å². The van der Waals surface area contributed by atoms with Gasteiger partial charge in [-0.25, -0.2) is 9.48 Å². The first kappa shape index (κ1) is 13.7. The normalized spacial score (nSPS) is 14.7. The second-order valence-corrected chi connectivity index (χ2v) is 4.93. The minimum Gasteiger partial charge on any atom is -0.465 e. The highest BCUT2D eigenvalue weighted by Gasteiger charge is 2.29. The molecular formula is C13H22N4O2. The van der Waals surface area contributed by atoms with Crippen LogP contribution in [0.15, 0.2) is 0 Å². The number of nitrogens with two attached hydrogens (primary N) is 1. The largest absolute Gasteiger partial charge is 0.465 e. The van der Waals surface area contributed by atoms with Gasteiger partial charge in [-0.15, -0.1) is 0 Å². The van der Waals surface area contributed by atoms with Gasteiger partial charge in [0.1, 0.15) is 11.4 Å². The molecule has 19 heavy (non-hydrogen) atoms. The van der Waals surface area contributed by atoms with Crippen LogP contribution in [0.1, 0.15) is 55.9 Å². The van der Waals surface area contributed by atoms with Crippen molar-refractivity contribution in [2.75, 3.05) is 18.2 Å². The predicted octanol–water partition coefficient (Wildman–Crippen LogP) is 2.19. The summed E-state index contributed by atoms with van der Waals surface area (Å²) >= 11 is 0. The Kier molecular flexibility index (Phi) is 3.97. The molecule has 0 aromatic carbocycles. The standard InChI is InChI=1S/C13H22N4O2/c1-4-9(5-2)17-11(14)10(13(18)19-3)12(16-17)15-8-6-7-8/h8-9H,4-7,14H2,1-3H3,(H,15,16). The van der Waals surface area contributed by atoms with Gasteiger partial charge >= 0.3 is 5.97 Å². The number of nitrogen functional groups attached to an aromatic ring is 1. The number of aromatic nitrogens is 2. The summed E-state index contributed by atoms with van der Waals surface area (Å²) in [5.74, 6) is 0.514. The number of hydrogen-bond acceptors (Lipinski definition) is 5. The summed E-state index contributed by atoms with van der Waals surface area (Å²) in [6.07, 6.45) is 4.06. The summed E-state index contributed by atoms with van der Waals surface area (Å²) in [7, 11) is 1.36. The van der Waals surface area contributed by atoms with Gasteiger partial charge in [-0.2, -0.15) is 5.10 Å². The Labute approximate surface area is 113 Å². The van der Waals surface area contributed by atoms with Crippen molar-refractivity contribution in [3.63, 3.8) is 0 Å². The van der Waals surface area contributed by atoms with Crippen LogP contribution in [0.25, 0.3) is 0 Å². The lowest BCUT2D eigenvalue weighted by Crippen LogP contribution is -2.13. The van der Waals surface area contributed by atoms with Crippen LogP contribution in [0.5, 0.6) is 0 Å². The van der Waals surface area contributed by atoms with Crippen molar-refractivity contribution < 1.29 is 9.53 Å². The number of carbonyl (C=O) groups is 1. The summed E-state index contributed by atoms with van der Waals surface area (Å²) < 4.78 is 6.55. The number of esters is 1. The average molecular weight is 266 g/mol. The van der Waals surface area contributed by atoms with Crippen molar-refractivity contribution in [3.05, 3.63) is 5.56 Å². The fraction of sp³-hybridized carbons (Fsp3) is 0.692. The zero-order chi connectivity index (χ0) is 14.0. The Hall–Kier alpha value is -1.72. The van der Waals surface area contributed by atoms with E-state index >= 15 is 0 Å². The molecule has 0 atom stereocenters. The van der Waals surface area contributed by atoms with Crippen LogP contribution < -0.4 is 11.1 Å². The van der Waals surface area contributed by atoms with Crippen molar-refractivity contribution in [1.82, 2.24) is 9.78 Å². The molecule has 3 N–H and O–H groups in total. The molecule has 1 aromatic heterocycles. The summed E-state index contributed by atoms with van der Waals surface area (Å²) in [4.78, 5) is 11.9. The Morgan fingerprint density at radius 1 is 1.53 bits per heavy atom. The quantitative estimate of drug-likeness (QED) is 0.771. The minimum absolute atomic E-state index is 0.207. The van der Waals surface area contributed by atoms with Crippen LogP contribution in [-0.4, -0.2) is 28.9 Å².